The number of rotatable bonds is 3. The van der Waals surface area contributed by atoms with E-state index in [-0.39, 0.29) is 0 Å². The summed E-state index contributed by atoms with van der Waals surface area (Å²) in [6.45, 7) is 2.03. The van der Waals surface area contributed by atoms with E-state index in [1.54, 1.807) is 11.8 Å². The molecule has 2 rings (SSSR count). The van der Waals surface area contributed by atoms with Gasteiger partial charge in [-0.2, -0.15) is 0 Å². The van der Waals surface area contributed by atoms with Crippen molar-refractivity contribution >= 4 is 24.0 Å². The average Bonchev–Trinajstić information content (AvgIpc) is 2.42. The van der Waals surface area contributed by atoms with Gasteiger partial charge in [-0.3, -0.25) is 0 Å². The molecule has 0 saturated carbocycles. The molecule has 0 radical (unpaired) electrons. The number of carbonyl (C=O) groups is 1. The molecule has 0 amide bonds. The highest BCUT2D eigenvalue weighted by Crippen LogP contribution is 2.27. The summed E-state index contributed by atoms with van der Waals surface area (Å²) in [6.07, 6.45) is 2.33. The molecule has 0 fully saturated rings. The van der Waals surface area contributed by atoms with Crippen molar-refractivity contribution in [3.05, 3.63) is 66.2 Å². The van der Waals surface area contributed by atoms with Gasteiger partial charge < -0.3 is 10.2 Å². The Kier molecular flexibility index (Phi) is 7.00. The number of hydrogen-bond donors (Lipinski definition) is 2. The molecule has 0 aliphatic carbocycles. The van der Waals surface area contributed by atoms with Crippen LogP contribution in [0, 0.1) is 0 Å². The lowest BCUT2D eigenvalue weighted by Gasteiger charge is -2.01. The van der Waals surface area contributed by atoms with Crippen LogP contribution in [0.3, 0.4) is 0 Å². The first-order valence-corrected chi connectivity index (χ1v) is 6.81. The van der Waals surface area contributed by atoms with Crippen molar-refractivity contribution in [3.63, 3.8) is 0 Å². The lowest BCUT2D eigenvalue weighted by molar-refractivity contribution is 0.137. The minimum absolute atomic E-state index is 1.25. The topological polar surface area (TPSA) is 57.5 Å². The summed E-state index contributed by atoms with van der Waals surface area (Å²) in [6, 6.07) is 19.0. The van der Waals surface area contributed by atoms with E-state index in [1.807, 2.05) is 13.0 Å². The van der Waals surface area contributed by atoms with E-state index >= 15 is 0 Å². The summed E-state index contributed by atoms with van der Waals surface area (Å²) in [5, 5.41) is 13.9. The Hall–Kier alpha value is -2.20. The molecular weight excluding hydrogens is 272 g/mol. The minimum atomic E-state index is -1.83. The Balaban J connectivity index is 0.000000444. The third kappa shape index (κ3) is 6.66. The van der Waals surface area contributed by atoms with E-state index in [1.165, 1.54) is 15.4 Å². The Morgan fingerprint density at radius 3 is 1.95 bits per heavy atom. The van der Waals surface area contributed by atoms with Gasteiger partial charge in [-0.25, -0.2) is 4.79 Å². The summed E-state index contributed by atoms with van der Waals surface area (Å²) in [7, 11) is 0. The van der Waals surface area contributed by atoms with Crippen LogP contribution in [0.5, 0.6) is 0 Å². The Labute approximate surface area is 122 Å². The zero-order valence-corrected chi connectivity index (χ0v) is 11.9. The van der Waals surface area contributed by atoms with Crippen molar-refractivity contribution in [1.29, 1.82) is 0 Å². The number of benzene rings is 2. The van der Waals surface area contributed by atoms with Crippen molar-refractivity contribution in [1.82, 2.24) is 0 Å². The molecule has 2 aromatic rings. The lowest BCUT2D eigenvalue weighted by atomic mass is 10.2. The molecule has 4 heteroatoms. The largest absolute Gasteiger partial charge is 0.503 e. The quantitative estimate of drug-likeness (QED) is 0.825. The predicted molar refractivity (Wildman–Crippen MR) is 82.4 cm³/mol. The summed E-state index contributed by atoms with van der Waals surface area (Å²) in [5.41, 5.74) is 1.25. The summed E-state index contributed by atoms with van der Waals surface area (Å²) in [5.74, 6) is 0. The van der Waals surface area contributed by atoms with E-state index < -0.39 is 6.16 Å². The first-order chi connectivity index (χ1) is 9.61. The van der Waals surface area contributed by atoms with Crippen LogP contribution in [0.4, 0.5) is 4.79 Å². The van der Waals surface area contributed by atoms with E-state index in [0.29, 0.717) is 0 Å². The Bertz CT molecular complexity index is 544. The van der Waals surface area contributed by atoms with E-state index in [0.717, 1.165) is 0 Å². The normalized spacial score (nSPS) is 9.85. The van der Waals surface area contributed by atoms with Crippen LogP contribution in [-0.4, -0.2) is 16.4 Å². The standard InChI is InChI=1S/C15H14S.CH2O3/c1-2-6-13-9-11-15(12-10-13)16-14-7-4-3-5-8-14;2-1(3)4/h2-12H,1H3;(H2,2,3,4). The molecule has 3 nitrogen and oxygen atoms in total. The molecule has 0 bridgehead atoms. The van der Waals surface area contributed by atoms with Gasteiger partial charge in [-0.05, 0) is 36.8 Å². The monoisotopic (exact) mass is 288 g/mol. The number of allylic oxidation sites excluding steroid dienone is 1. The molecule has 0 saturated heterocycles. The fourth-order valence-electron chi connectivity index (χ4n) is 1.46. The maximum absolute atomic E-state index is 8.56. The van der Waals surface area contributed by atoms with Crippen LogP contribution < -0.4 is 0 Å². The van der Waals surface area contributed by atoms with Gasteiger partial charge in [0.1, 0.15) is 0 Å². The van der Waals surface area contributed by atoms with Crippen molar-refractivity contribution < 1.29 is 15.0 Å². The van der Waals surface area contributed by atoms with E-state index in [4.69, 9.17) is 15.0 Å². The van der Waals surface area contributed by atoms with Gasteiger partial charge in [0.25, 0.3) is 0 Å². The molecule has 0 aliphatic rings. The smallest absolute Gasteiger partial charge is 0.450 e. The van der Waals surface area contributed by atoms with Gasteiger partial charge in [0.2, 0.25) is 0 Å². The van der Waals surface area contributed by atoms with E-state index in [2.05, 4.69) is 60.7 Å². The van der Waals surface area contributed by atoms with Crippen molar-refractivity contribution in [2.24, 2.45) is 0 Å². The minimum Gasteiger partial charge on any atom is -0.450 e. The molecule has 0 aromatic heterocycles. The molecule has 2 N–H and O–H groups in total. The van der Waals surface area contributed by atoms with Crippen LogP contribution >= 0.6 is 11.8 Å². The fourth-order valence-corrected chi connectivity index (χ4v) is 2.30. The molecule has 0 unspecified atom stereocenters. The maximum Gasteiger partial charge on any atom is 0.503 e. The van der Waals surface area contributed by atoms with Crippen LogP contribution in [0.1, 0.15) is 12.5 Å². The first-order valence-electron chi connectivity index (χ1n) is 5.99. The highest BCUT2D eigenvalue weighted by Gasteiger charge is 1.95. The van der Waals surface area contributed by atoms with Crippen LogP contribution in [0.2, 0.25) is 0 Å². The number of carboxylic acid groups (broad SMARTS) is 2. The van der Waals surface area contributed by atoms with Crippen LogP contribution in [0.15, 0.2) is 70.5 Å². The first kappa shape index (κ1) is 15.9. The highest BCUT2D eigenvalue weighted by atomic mass is 32.2. The van der Waals surface area contributed by atoms with Crippen LogP contribution in [-0.2, 0) is 0 Å². The summed E-state index contributed by atoms with van der Waals surface area (Å²) >= 11 is 1.79. The zero-order chi connectivity index (χ0) is 14.8. The van der Waals surface area contributed by atoms with Gasteiger partial charge in [-0.1, -0.05) is 54.2 Å². The van der Waals surface area contributed by atoms with Gasteiger partial charge in [0, 0.05) is 9.79 Å². The summed E-state index contributed by atoms with van der Waals surface area (Å²) in [4.78, 5) is 11.1. The SMILES string of the molecule is CC=Cc1ccc(Sc2ccccc2)cc1.O=C(O)O. The van der Waals surface area contributed by atoms with Crippen molar-refractivity contribution in [3.8, 4) is 0 Å². The summed E-state index contributed by atoms with van der Waals surface area (Å²) < 4.78 is 0. The fraction of sp³-hybridized carbons (Fsp3) is 0.0625. The highest BCUT2D eigenvalue weighted by molar-refractivity contribution is 7.99. The van der Waals surface area contributed by atoms with Gasteiger partial charge in [0.05, 0.1) is 0 Å². The van der Waals surface area contributed by atoms with Crippen LogP contribution in [0.25, 0.3) is 6.08 Å². The molecule has 0 spiro atoms. The third-order valence-electron chi connectivity index (χ3n) is 2.22. The molecule has 104 valence electrons. The second-order valence-corrected chi connectivity index (χ2v) is 4.91. The number of hydrogen-bond acceptors (Lipinski definition) is 2. The Morgan fingerprint density at radius 2 is 1.45 bits per heavy atom. The molecule has 20 heavy (non-hydrogen) atoms. The predicted octanol–water partition coefficient (Wildman–Crippen LogP) is 5.09. The second kappa shape index (κ2) is 8.82. The molecule has 0 heterocycles. The molecule has 0 atom stereocenters. The van der Waals surface area contributed by atoms with E-state index in [9.17, 15) is 0 Å². The average molecular weight is 288 g/mol. The maximum atomic E-state index is 8.56. The molecule has 2 aromatic carbocycles. The Morgan fingerprint density at radius 1 is 0.950 bits per heavy atom. The van der Waals surface area contributed by atoms with Crippen molar-refractivity contribution in [2.45, 2.75) is 16.7 Å². The molecule has 0 aliphatic heterocycles. The van der Waals surface area contributed by atoms with Crippen molar-refractivity contribution in [2.75, 3.05) is 0 Å². The third-order valence-corrected chi connectivity index (χ3v) is 3.23. The lowest BCUT2D eigenvalue weighted by Crippen LogP contribution is -1.81. The zero-order valence-electron chi connectivity index (χ0n) is 11.1. The molecular formula is C16H16O3S. The van der Waals surface area contributed by atoms with Gasteiger partial charge in [0.15, 0.2) is 0 Å². The second-order valence-electron chi connectivity index (χ2n) is 3.77. The van der Waals surface area contributed by atoms with Gasteiger partial charge >= 0.3 is 6.16 Å². The van der Waals surface area contributed by atoms with Gasteiger partial charge in [-0.15, -0.1) is 0 Å².